The Bertz CT molecular complexity index is 2970. The van der Waals surface area contributed by atoms with Crippen LogP contribution in [0, 0.1) is 0 Å². The Labute approximate surface area is 319 Å². The molecule has 0 N–H and O–H groups in total. The summed E-state index contributed by atoms with van der Waals surface area (Å²) in [5, 5.41) is 2.20. The lowest BCUT2D eigenvalue weighted by molar-refractivity contribution is 0.670. The maximum Gasteiger partial charge on any atom is 0.160 e. The lowest BCUT2D eigenvalue weighted by Gasteiger charge is -2.15. The summed E-state index contributed by atoms with van der Waals surface area (Å²) in [6, 6.07) is 72.2. The Kier molecular flexibility index (Phi) is 8.16. The van der Waals surface area contributed by atoms with Crippen LogP contribution in [-0.4, -0.2) is 9.97 Å². The summed E-state index contributed by atoms with van der Waals surface area (Å²) in [6.07, 6.45) is 0. The third-order valence-corrected chi connectivity index (χ3v) is 10.3. The lowest BCUT2D eigenvalue weighted by atomic mass is 9.90. The molecule has 0 spiro atoms. The predicted octanol–water partition coefficient (Wildman–Crippen LogP) is 14.0. The van der Waals surface area contributed by atoms with Gasteiger partial charge >= 0.3 is 0 Å². The number of para-hydroxylation sites is 2. The summed E-state index contributed by atoms with van der Waals surface area (Å²) in [4.78, 5) is 10.5. The van der Waals surface area contributed by atoms with Gasteiger partial charge in [0.2, 0.25) is 0 Å². The number of aromatic nitrogens is 2. The first-order chi connectivity index (χ1) is 27.2. The molecule has 2 aromatic heterocycles. The van der Waals surface area contributed by atoms with E-state index in [4.69, 9.17) is 14.4 Å². The van der Waals surface area contributed by atoms with E-state index in [2.05, 4.69) is 182 Å². The minimum Gasteiger partial charge on any atom is -0.455 e. The monoisotopic (exact) mass is 702 g/mol. The second kappa shape index (κ2) is 13.9. The molecule has 0 fully saturated rings. The van der Waals surface area contributed by atoms with Crippen LogP contribution in [0.25, 0.3) is 100 Å². The fourth-order valence-electron chi connectivity index (χ4n) is 7.61. The van der Waals surface area contributed by atoms with Crippen molar-refractivity contribution in [3.05, 3.63) is 206 Å². The highest BCUT2D eigenvalue weighted by molar-refractivity contribution is 6.10. The third kappa shape index (κ3) is 6.18. The molecule has 10 aromatic rings. The highest BCUT2D eigenvalue weighted by atomic mass is 16.3. The molecule has 0 unspecified atom stereocenters. The Morgan fingerprint density at radius 2 is 0.764 bits per heavy atom. The van der Waals surface area contributed by atoms with Crippen LogP contribution in [0.3, 0.4) is 0 Å². The van der Waals surface area contributed by atoms with E-state index in [-0.39, 0.29) is 0 Å². The molecule has 8 aromatic carbocycles. The Balaban J connectivity index is 1.22. The molecular formula is C52H34N2O. The fraction of sp³-hybridized carbons (Fsp3) is 0. The average molecular weight is 703 g/mol. The van der Waals surface area contributed by atoms with Crippen molar-refractivity contribution in [1.29, 1.82) is 0 Å². The molecule has 0 aliphatic heterocycles. The highest BCUT2D eigenvalue weighted by Gasteiger charge is 2.18. The van der Waals surface area contributed by atoms with Crippen molar-refractivity contribution in [3.8, 4) is 78.4 Å². The molecule has 0 aliphatic carbocycles. The molecule has 3 heteroatoms. The van der Waals surface area contributed by atoms with Crippen LogP contribution in [0.15, 0.2) is 211 Å². The Morgan fingerprint density at radius 3 is 1.51 bits per heavy atom. The van der Waals surface area contributed by atoms with Gasteiger partial charge in [-0.2, -0.15) is 0 Å². The molecule has 0 saturated heterocycles. The lowest BCUT2D eigenvalue weighted by Crippen LogP contribution is -1.97. The minimum absolute atomic E-state index is 0.671. The van der Waals surface area contributed by atoms with E-state index in [1.165, 1.54) is 11.1 Å². The third-order valence-electron chi connectivity index (χ3n) is 10.3. The van der Waals surface area contributed by atoms with Crippen molar-refractivity contribution in [2.24, 2.45) is 0 Å². The summed E-state index contributed by atoms with van der Waals surface area (Å²) in [6.45, 7) is 0. The standard InChI is InChI=1S/C52H34N2O/c1-4-16-35(17-5-1)38-22-14-23-39(30-38)52-53-48(37-20-8-3-9-21-37)34-49(54-52)42-32-40(44-25-11-10-24-43(44)36-18-6-2-7-19-36)31-41(33-42)45-27-15-28-47-46-26-12-13-29-50(46)55-51(45)47/h1-34H. The largest absolute Gasteiger partial charge is 0.455 e. The van der Waals surface area contributed by atoms with Gasteiger partial charge in [0, 0.05) is 33.0 Å². The van der Waals surface area contributed by atoms with Crippen LogP contribution >= 0.6 is 0 Å². The van der Waals surface area contributed by atoms with Crippen LogP contribution in [0.5, 0.6) is 0 Å². The summed E-state index contributed by atoms with van der Waals surface area (Å²) in [5.74, 6) is 0.671. The molecule has 0 amide bonds. The molecule has 10 rings (SSSR count). The molecule has 0 radical (unpaired) electrons. The van der Waals surface area contributed by atoms with Gasteiger partial charge in [-0.15, -0.1) is 0 Å². The summed E-state index contributed by atoms with van der Waals surface area (Å²) < 4.78 is 6.60. The zero-order chi connectivity index (χ0) is 36.6. The quantitative estimate of drug-likeness (QED) is 0.166. The van der Waals surface area contributed by atoms with E-state index in [9.17, 15) is 0 Å². The van der Waals surface area contributed by atoms with Crippen LogP contribution in [-0.2, 0) is 0 Å². The minimum atomic E-state index is 0.671. The predicted molar refractivity (Wildman–Crippen MR) is 227 cm³/mol. The van der Waals surface area contributed by atoms with Gasteiger partial charge in [0.25, 0.3) is 0 Å². The summed E-state index contributed by atoms with van der Waals surface area (Å²) >= 11 is 0. The van der Waals surface area contributed by atoms with Gasteiger partial charge in [-0.25, -0.2) is 9.97 Å². The fourth-order valence-corrected chi connectivity index (χ4v) is 7.61. The Morgan fingerprint density at radius 1 is 0.291 bits per heavy atom. The van der Waals surface area contributed by atoms with E-state index in [1.807, 2.05) is 24.3 Å². The first-order valence-corrected chi connectivity index (χ1v) is 18.6. The Hall–Kier alpha value is -7.36. The van der Waals surface area contributed by atoms with Gasteiger partial charge in [-0.05, 0) is 75.3 Å². The van der Waals surface area contributed by atoms with Crippen molar-refractivity contribution in [3.63, 3.8) is 0 Å². The topological polar surface area (TPSA) is 38.9 Å². The van der Waals surface area contributed by atoms with E-state index >= 15 is 0 Å². The summed E-state index contributed by atoms with van der Waals surface area (Å²) in [5.41, 5.74) is 15.3. The van der Waals surface area contributed by atoms with Crippen LogP contribution in [0.1, 0.15) is 0 Å². The van der Waals surface area contributed by atoms with Crippen molar-refractivity contribution >= 4 is 21.9 Å². The maximum absolute atomic E-state index is 6.60. The number of furan rings is 1. The number of rotatable bonds is 7. The number of hydrogen-bond acceptors (Lipinski definition) is 3. The number of benzene rings is 8. The summed E-state index contributed by atoms with van der Waals surface area (Å²) in [7, 11) is 0. The normalized spacial score (nSPS) is 11.3. The second-order valence-corrected chi connectivity index (χ2v) is 13.8. The van der Waals surface area contributed by atoms with Crippen LogP contribution in [0.2, 0.25) is 0 Å². The molecule has 0 atom stereocenters. The van der Waals surface area contributed by atoms with Crippen molar-refractivity contribution < 1.29 is 4.42 Å². The van der Waals surface area contributed by atoms with Crippen LogP contribution in [0.4, 0.5) is 0 Å². The molecule has 258 valence electrons. The first-order valence-electron chi connectivity index (χ1n) is 18.6. The van der Waals surface area contributed by atoms with E-state index < -0.39 is 0 Å². The molecule has 55 heavy (non-hydrogen) atoms. The van der Waals surface area contributed by atoms with E-state index in [1.54, 1.807) is 0 Å². The number of hydrogen-bond donors (Lipinski definition) is 0. The average Bonchev–Trinajstić information content (AvgIpc) is 3.66. The number of nitrogens with zero attached hydrogens (tertiary/aromatic N) is 2. The zero-order valence-corrected chi connectivity index (χ0v) is 29.9. The van der Waals surface area contributed by atoms with Crippen molar-refractivity contribution in [2.75, 3.05) is 0 Å². The van der Waals surface area contributed by atoms with Gasteiger partial charge in [0.1, 0.15) is 11.2 Å². The molecule has 3 nitrogen and oxygen atoms in total. The van der Waals surface area contributed by atoms with Crippen LogP contribution < -0.4 is 0 Å². The van der Waals surface area contributed by atoms with Gasteiger partial charge < -0.3 is 4.42 Å². The molecule has 2 heterocycles. The second-order valence-electron chi connectivity index (χ2n) is 13.8. The first kappa shape index (κ1) is 32.3. The molecule has 0 saturated carbocycles. The molecule has 0 bridgehead atoms. The zero-order valence-electron chi connectivity index (χ0n) is 29.9. The van der Waals surface area contributed by atoms with Gasteiger partial charge in [-0.1, -0.05) is 170 Å². The van der Waals surface area contributed by atoms with E-state index in [0.29, 0.717) is 5.82 Å². The van der Waals surface area contributed by atoms with Crippen molar-refractivity contribution in [2.45, 2.75) is 0 Å². The smallest absolute Gasteiger partial charge is 0.160 e. The highest BCUT2D eigenvalue weighted by Crippen LogP contribution is 2.41. The number of fused-ring (bicyclic) bond motifs is 3. The SMILES string of the molecule is c1ccc(-c2cccc(-c3nc(-c4ccccc4)cc(-c4cc(-c5ccccc5-c5ccccc5)cc(-c5cccc6c5oc5ccccc56)c4)n3)c2)cc1. The van der Waals surface area contributed by atoms with Gasteiger partial charge in [0.05, 0.1) is 11.4 Å². The van der Waals surface area contributed by atoms with Gasteiger partial charge in [0.15, 0.2) is 5.82 Å². The molecule has 0 aliphatic rings. The van der Waals surface area contributed by atoms with Gasteiger partial charge in [-0.3, -0.25) is 0 Å². The van der Waals surface area contributed by atoms with Crippen molar-refractivity contribution in [1.82, 2.24) is 9.97 Å². The maximum atomic E-state index is 6.60. The van der Waals surface area contributed by atoms with E-state index in [0.717, 1.165) is 83.4 Å². The molecular weight excluding hydrogens is 669 g/mol.